The summed E-state index contributed by atoms with van der Waals surface area (Å²) in [5, 5.41) is 11.7. The van der Waals surface area contributed by atoms with E-state index in [-0.39, 0.29) is 12.5 Å². The molecule has 0 aliphatic carbocycles. The normalized spacial score (nSPS) is 18.7. The number of rotatable bonds is 5. The van der Waals surface area contributed by atoms with Gasteiger partial charge in [-0.3, -0.25) is 4.79 Å². The molecule has 1 atom stereocenters. The van der Waals surface area contributed by atoms with Crippen molar-refractivity contribution in [2.24, 2.45) is 0 Å². The van der Waals surface area contributed by atoms with E-state index in [9.17, 15) is 4.79 Å². The van der Waals surface area contributed by atoms with Crippen molar-refractivity contribution in [3.63, 3.8) is 0 Å². The Labute approximate surface area is 101 Å². The zero-order valence-electron chi connectivity index (χ0n) is 9.69. The van der Waals surface area contributed by atoms with Gasteiger partial charge in [0.1, 0.15) is 0 Å². The van der Waals surface area contributed by atoms with Gasteiger partial charge in [0.05, 0.1) is 19.1 Å². The van der Waals surface area contributed by atoms with E-state index in [1.165, 1.54) is 11.1 Å². The predicted molar refractivity (Wildman–Crippen MR) is 64.0 cm³/mol. The molecule has 2 N–H and O–H groups in total. The molecule has 92 valence electrons. The van der Waals surface area contributed by atoms with Crippen LogP contribution in [0.3, 0.4) is 0 Å². The molecule has 0 aromatic heterocycles. The molecular weight excluding hydrogens is 218 g/mol. The molecule has 0 bridgehead atoms. The van der Waals surface area contributed by atoms with Crippen LogP contribution in [0, 0.1) is 0 Å². The van der Waals surface area contributed by atoms with Crippen molar-refractivity contribution in [1.29, 1.82) is 0 Å². The minimum atomic E-state index is -0.775. The van der Waals surface area contributed by atoms with Crippen LogP contribution < -0.4 is 5.32 Å². The summed E-state index contributed by atoms with van der Waals surface area (Å²) < 4.78 is 5.70. The summed E-state index contributed by atoms with van der Waals surface area (Å²) in [6.07, 6.45) is 1.16. The molecule has 0 radical (unpaired) electrons. The molecule has 0 saturated heterocycles. The van der Waals surface area contributed by atoms with Gasteiger partial charge in [0, 0.05) is 13.1 Å². The van der Waals surface area contributed by atoms with Gasteiger partial charge < -0.3 is 15.2 Å². The summed E-state index contributed by atoms with van der Waals surface area (Å²) in [4.78, 5) is 10.4. The lowest BCUT2D eigenvalue weighted by Crippen LogP contribution is -2.28. The first-order valence-electron chi connectivity index (χ1n) is 5.89. The number of ether oxygens (including phenoxy) is 1. The Balaban J connectivity index is 1.88. The summed E-state index contributed by atoms with van der Waals surface area (Å²) in [7, 11) is 0. The zero-order chi connectivity index (χ0) is 12.1. The molecule has 0 fully saturated rings. The first-order chi connectivity index (χ1) is 8.27. The van der Waals surface area contributed by atoms with E-state index in [4.69, 9.17) is 9.84 Å². The lowest BCUT2D eigenvalue weighted by atomic mass is 9.97. The van der Waals surface area contributed by atoms with Crippen molar-refractivity contribution in [2.45, 2.75) is 18.9 Å². The standard InChI is InChI=1S/C13H17NO3/c15-13(16)5-7-14-9-12-11-4-2-1-3-10(11)6-8-17-12/h1-4,12,14H,5-9H2,(H,15,16). The molecule has 1 aromatic carbocycles. The summed E-state index contributed by atoms with van der Waals surface area (Å²) in [6.45, 7) is 1.89. The third-order valence-corrected chi connectivity index (χ3v) is 2.94. The molecule has 1 unspecified atom stereocenters. The summed E-state index contributed by atoms with van der Waals surface area (Å²) in [5.74, 6) is -0.775. The monoisotopic (exact) mass is 235 g/mol. The van der Waals surface area contributed by atoms with Gasteiger partial charge in [-0.05, 0) is 17.5 Å². The number of carbonyl (C=O) groups is 1. The zero-order valence-corrected chi connectivity index (χ0v) is 9.69. The van der Waals surface area contributed by atoms with E-state index in [1.54, 1.807) is 0 Å². The van der Waals surface area contributed by atoms with Gasteiger partial charge >= 0.3 is 5.97 Å². The number of fused-ring (bicyclic) bond motifs is 1. The van der Waals surface area contributed by atoms with E-state index in [0.717, 1.165) is 13.0 Å². The van der Waals surface area contributed by atoms with Crippen LogP contribution in [0.2, 0.25) is 0 Å². The number of carboxylic acid groups (broad SMARTS) is 1. The molecule has 0 saturated carbocycles. The van der Waals surface area contributed by atoms with Crippen molar-refractivity contribution in [2.75, 3.05) is 19.7 Å². The highest BCUT2D eigenvalue weighted by Crippen LogP contribution is 2.25. The molecule has 2 rings (SSSR count). The van der Waals surface area contributed by atoms with Crippen molar-refractivity contribution in [3.8, 4) is 0 Å². The van der Waals surface area contributed by atoms with Crippen LogP contribution in [-0.4, -0.2) is 30.8 Å². The second kappa shape index (κ2) is 5.80. The maximum Gasteiger partial charge on any atom is 0.304 e. The van der Waals surface area contributed by atoms with E-state index in [1.807, 2.05) is 12.1 Å². The van der Waals surface area contributed by atoms with Crippen molar-refractivity contribution < 1.29 is 14.6 Å². The molecule has 17 heavy (non-hydrogen) atoms. The maximum atomic E-state index is 10.4. The Bertz CT molecular complexity index is 392. The van der Waals surface area contributed by atoms with Crippen LogP contribution in [0.25, 0.3) is 0 Å². The topological polar surface area (TPSA) is 58.6 Å². The molecule has 1 aliphatic rings. The van der Waals surface area contributed by atoms with Gasteiger partial charge in [-0.2, -0.15) is 0 Å². The Kier molecular flexibility index (Phi) is 4.12. The fourth-order valence-corrected chi connectivity index (χ4v) is 2.07. The molecule has 1 heterocycles. The van der Waals surface area contributed by atoms with Crippen LogP contribution in [0.5, 0.6) is 0 Å². The summed E-state index contributed by atoms with van der Waals surface area (Å²) in [5.41, 5.74) is 2.56. The van der Waals surface area contributed by atoms with Crippen molar-refractivity contribution in [1.82, 2.24) is 5.32 Å². The van der Waals surface area contributed by atoms with E-state index in [0.29, 0.717) is 13.1 Å². The quantitative estimate of drug-likeness (QED) is 0.757. The lowest BCUT2D eigenvalue weighted by Gasteiger charge is -2.26. The third kappa shape index (κ3) is 3.28. The second-order valence-electron chi connectivity index (χ2n) is 4.16. The molecule has 0 spiro atoms. The minimum absolute atomic E-state index is 0.0498. The van der Waals surface area contributed by atoms with Gasteiger partial charge in [0.2, 0.25) is 0 Å². The first kappa shape index (κ1) is 12.1. The Hall–Kier alpha value is -1.39. The van der Waals surface area contributed by atoms with Gasteiger partial charge in [0.15, 0.2) is 0 Å². The van der Waals surface area contributed by atoms with Crippen molar-refractivity contribution >= 4 is 5.97 Å². The Morgan fingerprint density at radius 3 is 3.12 bits per heavy atom. The number of aliphatic carboxylic acids is 1. The fraction of sp³-hybridized carbons (Fsp3) is 0.462. The van der Waals surface area contributed by atoms with Crippen molar-refractivity contribution in [3.05, 3.63) is 35.4 Å². The summed E-state index contributed by atoms with van der Waals surface area (Å²) >= 11 is 0. The highest BCUT2D eigenvalue weighted by atomic mass is 16.5. The van der Waals surface area contributed by atoms with Crippen LogP contribution in [0.4, 0.5) is 0 Å². The summed E-state index contributed by atoms with van der Waals surface area (Å²) in [6, 6.07) is 8.26. The van der Waals surface area contributed by atoms with Gasteiger partial charge in [-0.15, -0.1) is 0 Å². The van der Waals surface area contributed by atoms with Crippen LogP contribution in [-0.2, 0) is 16.0 Å². The lowest BCUT2D eigenvalue weighted by molar-refractivity contribution is -0.136. The predicted octanol–water partition coefficient (Wildman–Crippen LogP) is 1.36. The average molecular weight is 235 g/mol. The molecule has 1 aromatic rings. The highest BCUT2D eigenvalue weighted by Gasteiger charge is 2.19. The number of carboxylic acids is 1. The van der Waals surface area contributed by atoms with Gasteiger partial charge in [-0.1, -0.05) is 24.3 Å². The first-order valence-corrected chi connectivity index (χ1v) is 5.89. The highest BCUT2D eigenvalue weighted by molar-refractivity contribution is 5.66. The van der Waals surface area contributed by atoms with Crippen LogP contribution in [0.15, 0.2) is 24.3 Å². The molecule has 0 amide bonds. The molecule has 4 nitrogen and oxygen atoms in total. The largest absolute Gasteiger partial charge is 0.481 e. The fourth-order valence-electron chi connectivity index (χ4n) is 2.07. The SMILES string of the molecule is O=C(O)CCNCC1OCCc2ccccc21. The molecule has 4 heteroatoms. The van der Waals surface area contributed by atoms with E-state index >= 15 is 0 Å². The number of nitrogens with one attached hydrogen (secondary N) is 1. The molecule has 1 aliphatic heterocycles. The Morgan fingerprint density at radius 2 is 2.29 bits per heavy atom. The Morgan fingerprint density at radius 1 is 1.47 bits per heavy atom. The smallest absolute Gasteiger partial charge is 0.304 e. The number of benzene rings is 1. The minimum Gasteiger partial charge on any atom is -0.481 e. The number of hydrogen-bond donors (Lipinski definition) is 2. The second-order valence-corrected chi connectivity index (χ2v) is 4.16. The molecular formula is C13H17NO3. The van der Waals surface area contributed by atoms with E-state index in [2.05, 4.69) is 17.4 Å². The third-order valence-electron chi connectivity index (χ3n) is 2.94. The van der Waals surface area contributed by atoms with E-state index < -0.39 is 5.97 Å². The van der Waals surface area contributed by atoms with Gasteiger partial charge in [-0.25, -0.2) is 0 Å². The van der Waals surface area contributed by atoms with Crippen LogP contribution >= 0.6 is 0 Å². The van der Waals surface area contributed by atoms with Gasteiger partial charge in [0.25, 0.3) is 0 Å². The number of hydrogen-bond acceptors (Lipinski definition) is 3. The maximum absolute atomic E-state index is 10.4. The van der Waals surface area contributed by atoms with Crippen LogP contribution in [0.1, 0.15) is 23.7 Å². The average Bonchev–Trinajstić information content (AvgIpc) is 2.34.